The molecule has 0 radical (unpaired) electrons. The van der Waals surface area contributed by atoms with Gasteiger partial charge in [-0.15, -0.1) is 11.3 Å². The molecule has 3 aromatic rings. The van der Waals surface area contributed by atoms with E-state index in [-0.39, 0.29) is 17.3 Å². The van der Waals surface area contributed by atoms with E-state index in [4.69, 9.17) is 0 Å². The number of aromatic hydroxyl groups is 1. The minimum atomic E-state index is -0.397. The van der Waals surface area contributed by atoms with Gasteiger partial charge in [0, 0.05) is 23.8 Å². The second-order valence-electron chi connectivity index (χ2n) is 5.06. The van der Waals surface area contributed by atoms with Crippen LogP contribution in [0.1, 0.15) is 23.2 Å². The molecule has 5 nitrogen and oxygen atoms in total. The molecule has 0 aliphatic heterocycles. The predicted octanol–water partition coefficient (Wildman–Crippen LogP) is 3.58. The molecule has 124 valence electrons. The van der Waals surface area contributed by atoms with Crippen molar-refractivity contribution in [2.75, 3.05) is 5.75 Å². The van der Waals surface area contributed by atoms with E-state index in [9.17, 15) is 19.1 Å². The minimum Gasteiger partial charge on any atom is -0.506 e. The number of hydrogen-bond acceptors (Lipinski definition) is 6. The Hall–Kier alpha value is -2.19. The van der Waals surface area contributed by atoms with Gasteiger partial charge in [0.2, 0.25) is 0 Å². The molecule has 0 fully saturated rings. The molecular weight excluding hydrogens is 351 g/mol. The number of thioether (sulfide) groups is 1. The van der Waals surface area contributed by atoms with Crippen LogP contribution in [0.4, 0.5) is 4.39 Å². The molecule has 0 atom stereocenters. The molecule has 0 amide bonds. The van der Waals surface area contributed by atoms with E-state index >= 15 is 0 Å². The number of aromatic amines is 1. The van der Waals surface area contributed by atoms with Gasteiger partial charge in [0.15, 0.2) is 15.8 Å². The standard InChI is InChI=1S/C16H13FN2O3S2/c17-10-5-3-9(4-6-10)11(20)2-1-7-23-16-19-15-14(24-16)12(21)8-13(22)18-15/h3-6,8H,1-2,7H2,(H2,18,21,22). The number of rotatable bonds is 6. The molecule has 0 spiro atoms. The molecule has 0 aliphatic rings. The quantitative estimate of drug-likeness (QED) is 0.397. The molecule has 3 rings (SSSR count). The lowest BCUT2D eigenvalue weighted by atomic mass is 10.1. The van der Waals surface area contributed by atoms with E-state index in [0.29, 0.717) is 34.5 Å². The summed E-state index contributed by atoms with van der Waals surface area (Å²) >= 11 is 2.76. The summed E-state index contributed by atoms with van der Waals surface area (Å²) in [5, 5.41) is 9.73. The first-order valence-electron chi connectivity index (χ1n) is 7.17. The van der Waals surface area contributed by atoms with E-state index in [2.05, 4.69) is 9.97 Å². The van der Waals surface area contributed by atoms with Gasteiger partial charge in [0.05, 0.1) is 0 Å². The molecule has 8 heteroatoms. The van der Waals surface area contributed by atoms with E-state index in [1.165, 1.54) is 47.4 Å². The molecule has 2 aromatic heterocycles. The number of carbonyl (C=O) groups excluding carboxylic acids is 1. The number of Topliss-reactive ketones (excluding diaryl/α,β-unsaturated/α-hetero) is 1. The SMILES string of the molecule is O=C(CCCSc1nc2[nH]c(=O)cc(O)c2s1)c1ccc(F)cc1. The third-order valence-electron chi connectivity index (χ3n) is 3.29. The summed E-state index contributed by atoms with van der Waals surface area (Å²) in [6.45, 7) is 0. The van der Waals surface area contributed by atoms with Crippen LogP contribution in [0.3, 0.4) is 0 Å². The average molecular weight is 364 g/mol. The predicted molar refractivity (Wildman–Crippen MR) is 92.6 cm³/mol. The number of benzene rings is 1. The summed E-state index contributed by atoms with van der Waals surface area (Å²) in [4.78, 5) is 30.1. The topological polar surface area (TPSA) is 83.0 Å². The summed E-state index contributed by atoms with van der Waals surface area (Å²) in [7, 11) is 0. The average Bonchev–Trinajstić information content (AvgIpc) is 2.95. The summed E-state index contributed by atoms with van der Waals surface area (Å²) in [6.07, 6.45) is 1.02. The van der Waals surface area contributed by atoms with Crippen LogP contribution in [-0.2, 0) is 0 Å². The lowest BCUT2D eigenvalue weighted by molar-refractivity contribution is 0.0982. The molecule has 0 bridgehead atoms. The first kappa shape index (κ1) is 16.7. The monoisotopic (exact) mass is 364 g/mol. The van der Waals surface area contributed by atoms with Crippen LogP contribution in [0.15, 0.2) is 39.5 Å². The lowest BCUT2D eigenvalue weighted by Gasteiger charge is -2.00. The number of halogens is 1. The Labute approximate surface area is 144 Å². The third kappa shape index (κ3) is 3.82. The van der Waals surface area contributed by atoms with Crippen molar-refractivity contribution in [3.05, 3.63) is 52.1 Å². The number of ketones is 1. The second kappa shape index (κ2) is 7.14. The number of nitrogens with zero attached hydrogens (tertiary/aromatic N) is 1. The van der Waals surface area contributed by atoms with Crippen LogP contribution < -0.4 is 5.56 Å². The molecule has 0 saturated heterocycles. The molecule has 0 unspecified atom stereocenters. The van der Waals surface area contributed by atoms with Crippen LogP contribution in [0.5, 0.6) is 5.75 Å². The van der Waals surface area contributed by atoms with Crippen molar-refractivity contribution in [1.82, 2.24) is 9.97 Å². The van der Waals surface area contributed by atoms with Crippen molar-refractivity contribution in [1.29, 1.82) is 0 Å². The van der Waals surface area contributed by atoms with E-state index < -0.39 is 5.56 Å². The van der Waals surface area contributed by atoms with Gasteiger partial charge in [-0.3, -0.25) is 9.59 Å². The normalized spacial score (nSPS) is 11.0. The Morgan fingerprint density at radius 3 is 2.83 bits per heavy atom. The minimum absolute atomic E-state index is 0.0260. The van der Waals surface area contributed by atoms with Gasteiger partial charge in [0.25, 0.3) is 5.56 Å². The number of hydrogen-bond donors (Lipinski definition) is 2. The fourth-order valence-electron chi connectivity index (χ4n) is 2.14. The molecule has 2 N–H and O–H groups in total. The highest BCUT2D eigenvalue weighted by Crippen LogP contribution is 2.33. The molecule has 0 saturated carbocycles. The number of pyridine rings is 1. The van der Waals surface area contributed by atoms with Crippen LogP contribution in [0, 0.1) is 5.82 Å². The highest BCUT2D eigenvalue weighted by atomic mass is 32.2. The van der Waals surface area contributed by atoms with Gasteiger partial charge in [-0.25, -0.2) is 9.37 Å². The van der Waals surface area contributed by atoms with Gasteiger partial charge >= 0.3 is 0 Å². The van der Waals surface area contributed by atoms with Gasteiger partial charge in [-0.1, -0.05) is 11.8 Å². The zero-order valence-corrected chi connectivity index (χ0v) is 14.0. The summed E-state index contributed by atoms with van der Waals surface area (Å²) in [5.74, 6) is 0.211. The maximum Gasteiger partial charge on any atom is 0.253 e. The molecule has 0 aliphatic carbocycles. The van der Waals surface area contributed by atoms with Crippen molar-refractivity contribution in [2.24, 2.45) is 0 Å². The van der Waals surface area contributed by atoms with Crippen molar-refractivity contribution in [2.45, 2.75) is 17.2 Å². The Kier molecular flexibility index (Phi) is 4.96. The Balaban J connectivity index is 1.55. The Bertz CT molecular complexity index is 935. The first-order chi connectivity index (χ1) is 11.5. The second-order valence-corrected chi connectivity index (χ2v) is 7.40. The van der Waals surface area contributed by atoms with Crippen LogP contribution in [-0.4, -0.2) is 26.6 Å². The Morgan fingerprint density at radius 1 is 1.33 bits per heavy atom. The first-order valence-corrected chi connectivity index (χ1v) is 8.97. The highest BCUT2D eigenvalue weighted by molar-refractivity contribution is 8.01. The van der Waals surface area contributed by atoms with Crippen LogP contribution in [0.25, 0.3) is 10.3 Å². The van der Waals surface area contributed by atoms with Crippen molar-refractivity contribution in [3.63, 3.8) is 0 Å². The lowest BCUT2D eigenvalue weighted by Crippen LogP contribution is -2.02. The summed E-state index contributed by atoms with van der Waals surface area (Å²) in [5.41, 5.74) is 0.477. The largest absolute Gasteiger partial charge is 0.506 e. The summed E-state index contributed by atoms with van der Waals surface area (Å²) < 4.78 is 14.1. The smallest absolute Gasteiger partial charge is 0.253 e. The molecule has 2 heterocycles. The van der Waals surface area contributed by atoms with Gasteiger partial charge < -0.3 is 10.1 Å². The van der Waals surface area contributed by atoms with Gasteiger partial charge in [-0.05, 0) is 30.7 Å². The molecule has 1 aromatic carbocycles. The van der Waals surface area contributed by atoms with E-state index in [0.717, 1.165) is 10.4 Å². The van der Waals surface area contributed by atoms with Crippen molar-refractivity contribution >= 4 is 39.2 Å². The number of aromatic nitrogens is 2. The molecule has 24 heavy (non-hydrogen) atoms. The van der Waals surface area contributed by atoms with E-state index in [1.807, 2.05) is 0 Å². The third-order valence-corrected chi connectivity index (χ3v) is 5.60. The fourth-order valence-corrected chi connectivity index (χ4v) is 4.16. The number of H-pyrrole nitrogens is 1. The maximum atomic E-state index is 12.8. The van der Waals surface area contributed by atoms with Crippen molar-refractivity contribution < 1.29 is 14.3 Å². The number of nitrogens with one attached hydrogen (secondary N) is 1. The van der Waals surface area contributed by atoms with E-state index in [1.54, 1.807) is 0 Å². The van der Waals surface area contributed by atoms with Crippen LogP contribution >= 0.6 is 23.1 Å². The van der Waals surface area contributed by atoms with Crippen molar-refractivity contribution in [3.8, 4) is 5.75 Å². The highest BCUT2D eigenvalue weighted by Gasteiger charge is 2.10. The fraction of sp³-hybridized carbons (Fsp3) is 0.188. The number of thiazole rings is 1. The maximum absolute atomic E-state index is 12.8. The zero-order valence-electron chi connectivity index (χ0n) is 12.4. The van der Waals surface area contributed by atoms with Crippen LogP contribution in [0.2, 0.25) is 0 Å². The summed E-state index contributed by atoms with van der Waals surface area (Å²) in [6, 6.07) is 6.64. The molecular formula is C16H13FN2O3S2. The Morgan fingerprint density at radius 2 is 2.08 bits per heavy atom. The van der Waals surface area contributed by atoms with Gasteiger partial charge in [-0.2, -0.15) is 0 Å². The number of fused-ring (bicyclic) bond motifs is 1. The number of carbonyl (C=O) groups is 1. The zero-order chi connectivity index (χ0) is 17.1. The van der Waals surface area contributed by atoms with Gasteiger partial charge in [0.1, 0.15) is 16.3 Å².